The zero-order valence-corrected chi connectivity index (χ0v) is 16.5. The molecule has 0 amide bonds. The number of H-pyrrole nitrogens is 1. The van der Waals surface area contributed by atoms with Crippen LogP contribution >= 0.6 is 0 Å². The van der Waals surface area contributed by atoms with Crippen molar-refractivity contribution < 1.29 is 8.78 Å². The third-order valence-corrected chi connectivity index (χ3v) is 4.87. The molecule has 0 aliphatic rings. The monoisotopic (exact) mass is 414 g/mol. The van der Waals surface area contributed by atoms with Crippen LogP contribution in [0.3, 0.4) is 0 Å². The highest BCUT2D eigenvalue weighted by molar-refractivity contribution is 5.81. The second-order valence-corrected chi connectivity index (χ2v) is 6.84. The lowest BCUT2D eigenvalue weighted by atomic mass is 9.89. The normalized spacial score (nSPS) is 11.3. The van der Waals surface area contributed by atoms with Gasteiger partial charge in [-0.05, 0) is 47.7 Å². The van der Waals surface area contributed by atoms with Crippen LogP contribution in [0, 0.1) is 35.3 Å². The molecule has 0 saturated heterocycles. The van der Waals surface area contributed by atoms with Gasteiger partial charge in [0.1, 0.15) is 11.6 Å². The van der Waals surface area contributed by atoms with Gasteiger partial charge in [-0.25, -0.2) is 13.8 Å². The standard InChI is InChI=1S/C24H16F2N4O/c1-30-13-5-8-19(24(30)31)18(20-14-17(25)9-10-22(20)26)7-4-2-3-6-16-11-12-27-23-21(16)15-28-29-23/h5,8-15,18H,7H2,1H3,(H,27,28,29). The molecule has 0 aliphatic heterocycles. The van der Waals surface area contributed by atoms with Gasteiger partial charge in [0.05, 0.1) is 11.6 Å². The van der Waals surface area contributed by atoms with Crippen LogP contribution < -0.4 is 5.56 Å². The number of hydrogen-bond acceptors (Lipinski definition) is 3. The Morgan fingerprint density at radius 1 is 1.16 bits per heavy atom. The number of halogens is 2. The number of rotatable bonds is 3. The van der Waals surface area contributed by atoms with Crippen molar-refractivity contribution in [3.63, 3.8) is 0 Å². The lowest BCUT2D eigenvalue weighted by molar-refractivity contribution is 0.574. The van der Waals surface area contributed by atoms with E-state index in [0.29, 0.717) is 11.2 Å². The molecule has 3 heterocycles. The van der Waals surface area contributed by atoms with E-state index in [0.717, 1.165) is 29.1 Å². The molecule has 0 bridgehead atoms. The lowest BCUT2D eigenvalue weighted by Gasteiger charge is -2.16. The van der Waals surface area contributed by atoms with Crippen molar-refractivity contribution in [2.45, 2.75) is 12.3 Å². The predicted molar refractivity (Wildman–Crippen MR) is 113 cm³/mol. The smallest absolute Gasteiger partial charge is 0.254 e. The van der Waals surface area contributed by atoms with Crippen molar-refractivity contribution in [2.24, 2.45) is 7.05 Å². The average molecular weight is 414 g/mol. The molecular formula is C24H16F2N4O. The Balaban J connectivity index is 1.67. The molecule has 0 aliphatic carbocycles. The summed E-state index contributed by atoms with van der Waals surface area (Å²) in [6.07, 6.45) is 4.96. The van der Waals surface area contributed by atoms with Gasteiger partial charge in [0.2, 0.25) is 0 Å². The largest absolute Gasteiger partial charge is 0.318 e. The van der Waals surface area contributed by atoms with Crippen LogP contribution in [0.4, 0.5) is 8.78 Å². The summed E-state index contributed by atoms with van der Waals surface area (Å²) in [5.41, 5.74) is 1.48. The maximum atomic E-state index is 14.5. The van der Waals surface area contributed by atoms with Crippen LogP contribution in [0.2, 0.25) is 0 Å². The molecule has 7 heteroatoms. The molecule has 3 aromatic heterocycles. The highest BCUT2D eigenvalue weighted by atomic mass is 19.1. The van der Waals surface area contributed by atoms with Crippen molar-refractivity contribution in [1.29, 1.82) is 0 Å². The van der Waals surface area contributed by atoms with Crippen molar-refractivity contribution in [1.82, 2.24) is 19.7 Å². The minimum atomic E-state index is -0.730. The molecule has 152 valence electrons. The first kappa shape index (κ1) is 20.1. The molecule has 0 fully saturated rings. The number of aryl methyl sites for hydroxylation is 1. The van der Waals surface area contributed by atoms with Crippen molar-refractivity contribution >= 4 is 11.0 Å². The van der Waals surface area contributed by atoms with Crippen LogP contribution in [0.5, 0.6) is 0 Å². The Morgan fingerprint density at radius 3 is 2.90 bits per heavy atom. The number of pyridine rings is 2. The summed E-state index contributed by atoms with van der Waals surface area (Å²) in [5.74, 6) is 9.43. The summed E-state index contributed by atoms with van der Waals surface area (Å²) in [6, 6.07) is 8.25. The minimum Gasteiger partial charge on any atom is -0.318 e. The van der Waals surface area contributed by atoms with Gasteiger partial charge in [0.15, 0.2) is 5.65 Å². The summed E-state index contributed by atoms with van der Waals surface area (Å²) < 4.78 is 29.7. The van der Waals surface area contributed by atoms with Crippen LogP contribution in [0.25, 0.3) is 11.0 Å². The summed E-state index contributed by atoms with van der Waals surface area (Å²) in [5, 5.41) is 7.49. The summed E-state index contributed by atoms with van der Waals surface area (Å²) in [7, 11) is 1.60. The van der Waals surface area contributed by atoms with Gasteiger partial charge < -0.3 is 4.57 Å². The molecule has 1 aromatic carbocycles. The van der Waals surface area contributed by atoms with E-state index in [1.807, 2.05) is 0 Å². The van der Waals surface area contributed by atoms with Gasteiger partial charge in [-0.3, -0.25) is 9.89 Å². The third-order valence-electron chi connectivity index (χ3n) is 4.87. The fraction of sp³-hybridized carbons (Fsp3) is 0.125. The molecular weight excluding hydrogens is 398 g/mol. The molecule has 1 atom stereocenters. The van der Waals surface area contributed by atoms with Crippen LogP contribution in [0.1, 0.15) is 29.0 Å². The molecule has 0 radical (unpaired) electrons. The Labute approximate surface area is 176 Å². The van der Waals surface area contributed by atoms with Crippen LogP contribution in [-0.4, -0.2) is 19.7 Å². The molecule has 4 aromatic rings. The summed E-state index contributed by atoms with van der Waals surface area (Å²) in [6.45, 7) is 0. The van der Waals surface area contributed by atoms with E-state index < -0.39 is 17.6 Å². The van der Waals surface area contributed by atoms with Gasteiger partial charge in [0, 0.05) is 42.9 Å². The third kappa shape index (κ3) is 4.22. The number of hydrogen-bond donors (Lipinski definition) is 1. The van der Waals surface area contributed by atoms with E-state index in [1.54, 1.807) is 43.8 Å². The Hall–Kier alpha value is -4.23. The topological polar surface area (TPSA) is 63.6 Å². The van der Waals surface area contributed by atoms with Crippen molar-refractivity contribution in [3.8, 4) is 23.7 Å². The van der Waals surface area contributed by atoms with Crippen molar-refractivity contribution in [3.05, 3.63) is 93.7 Å². The van der Waals surface area contributed by atoms with E-state index in [1.165, 1.54) is 4.57 Å². The molecule has 5 nitrogen and oxygen atoms in total. The highest BCUT2D eigenvalue weighted by Gasteiger charge is 2.21. The zero-order valence-electron chi connectivity index (χ0n) is 16.5. The number of nitrogens with one attached hydrogen (secondary N) is 1. The van der Waals surface area contributed by atoms with E-state index in [4.69, 9.17) is 0 Å². The van der Waals surface area contributed by atoms with Crippen molar-refractivity contribution in [2.75, 3.05) is 0 Å². The predicted octanol–water partition coefficient (Wildman–Crippen LogP) is 3.51. The van der Waals surface area contributed by atoms with E-state index >= 15 is 0 Å². The van der Waals surface area contributed by atoms with Gasteiger partial charge in [-0.15, -0.1) is 0 Å². The van der Waals surface area contributed by atoms with E-state index in [9.17, 15) is 13.6 Å². The maximum absolute atomic E-state index is 14.5. The fourth-order valence-electron chi connectivity index (χ4n) is 3.31. The molecule has 0 spiro atoms. The Kier molecular flexibility index (Phi) is 5.59. The molecule has 4 rings (SSSR count). The number of aromatic amines is 1. The molecule has 1 unspecified atom stereocenters. The van der Waals surface area contributed by atoms with E-state index in [2.05, 4.69) is 38.9 Å². The first-order valence-electron chi connectivity index (χ1n) is 9.42. The Bertz CT molecular complexity index is 1450. The van der Waals surface area contributed by atoms with Gasteiger partial charge in [-0.1, -0.05) is 17.9 Å². The fourth-order valence-corrected chi connectivity index (χ4v) is 3.31. The SMILES string of the molecule is Cn1cccc(C(CC#CC#Cc2ccnc3[nH]ncc23)c2cc(F)ccc2F)c1=O. The quantitative estimate of drug-likeness (QED) is 0.522. The lowest BCUT2D eigenvalue weighted by Crippen LogP contribution is -2.23. The van der Waals surface area contributed by atoms with Crippen LogP contribution in [0.15, 0.2) is 59.8 Å². The molecule has 0 saturated carbocycles. The number of fused-ring (bicyclic) bond motifs is 1. The molecule has 1 N–H and O–H groups in total. The van der Waals surface area contributed by atoms with Gasteiger partial charge >= 0.3 is 0 Å². The van der Waals surface area contributed by atoms with Gasteiger partial charge in [-0.2, -0.15) is 5.10 Å². The second kappa shape index (κ2) is 8.64. The highest BCUT2D eigenvalue weighted by Crippen LogP contribution is 2.28. The van der Waals surface area contributed by atoms with Gasteiger partial charge in [0.25, 0.3) is 5.56 Å². The van der Waals surface area contributed by atoms with E-state index in [-0.39, 0.29) is 17.5 Å². The van der Waals surface area contributed by atoms with Crippen LogP contribution in [-0.2, 0) is 7.05 Å². The zero-order chi connectivity index (χ0) is 21.8. The first-order chi connectivity index (χ1) is 15.0. The maximum Gasteiger partial charge on any atom is 0.254 e. The summed E-state index contributed by atoms with van der Waals surface area (Å²) >= 11 is 0. The second-order valence-electron chi connectivity index (χ2n) is 6.84. The first-order valence-corrected chi connectivity index (χ1v) is 9.42. The number of aromatic nitrogens is 4. The summed E-state index contributed by atoms with van der Waals surface area (Å²) in [4.78, 5) is 16.8. The average Bonchev–Trinajstić information content (AvgIpc) is 3.25. The molecule has 31 heavy (non-hydrogen) atoms. The Morgan fingerprint density at radius 2 is 2.03 bits per heavy atom. The minimum absolute atomic E-state index is 0.0831. The number of nitrogens with zero attached hydrogens (tertiary/aromatic N) is 3. The number of benzene rings is 1.